The quantitative estimate of drug-likeness (QED) is 0.219. The molecular weight excluding hydrogens is 540 g/mol. The fourth-order valence-electron chi connectivity index (χ4n) is 3.45. The van der Waals surface area contributed by atoms with Crippen molar-refractivity contribution in [2.45, 2.75) is 48.7 Å². The van der Waals surface area contributed by atoms with Crippen molar-refractivity contribution >= 4 is 24.0 Å². The molecule has 0 saturated carbocycles. The smallest absolute Gasteiger partial charge is 0.351 e. The summed E-state index contributed by atoms with van der Waals surface area (Å²) in [6.07, 6.45) is -9.38. The highest BCUT2D eigenvalue weighted by Crippen LogP contribution is 2.42. The zero-order valence-electron chi connectivity index (χ0n) is 18.5. The van der Waals surface area contributed by atoms with Gasteiger partial charge in [0.15, 0.2) is 12.2 Å². The van der Waals surface area contributed by atoms with Crippen LogP contribution in [-0.2, 0) is 9.47 Å². The van der Waals surface area contributed by atoms with Gasteiger partial charge in [0.2, 0.25) is 12.5 Å². The monoisotopic (exact) mass is 562 g/mol. The second kappa shape index (κ2) is 11.3. The molecule has 2 saturated heterocycles. The summed E-state index contributed by atoms with van der Waals surface area (Å²) in [4.78, 5) is 29.4. The molecule has 0 spiro atoms. The second-order valence-electron chi connectivity index (χ2n) is 7.74. The van der Waals surface area contributed by atoms with Gasteiger partial charge in [-0.2, -0.15) is 27.5 Å². The topological polar surface area (TPSA) is 221 Å². The highest BCUT2D eigenvalue weighted by molar-refractivity contribution is 5.85. The van der Waals surface area contributed by atoms with E-state index >= 15 is 0 Å². The average molecular weight is 563 g/mol. The van der Waals surface area contributed by atoms with Gasteiger partial charge in [0, 0.05) is 12.4 Å². The Hall–Kier alpha value is -2.87. The number of halogens is 5. The molecule has 2 aromatic heterocycles. The number of rotatable bonds is 4. The van der Waals surface area contributed by atoms with Crippen LogP contribution in [0.5, 0.6) is 0 Å². The first-order chi connectivity index (χ1) is 16.7. The molecule has 0 radical (unpaired) electrons. The molecule has 4 rings (SSSR count). The Labute approximate surface area is 210 Å². The number of nitrogen functional groups attached to an aromatic ring is 2. The van der Waals surface area contributed by atoms with Crippen LogP contribution in [0.4, 0.5) is 29.2 Å². The molecule has 2 aromatic rings. The Morgan fingerprint density at radius 3 is 1.38 bits per heavy atom. The maximum absolute atomic E-state index is 13.7. The van der Waals surface area contributed by atoms with Gasteiger partial charge in [-0.15, -0.1) is 12.4 Å². The fourth-order valence-corrected chi connectivity index (χ4v) is 3.45. The van der Waals surface area contributed by atoms with Crippen LogP contribution in [0, 0.1) is 0 Å². The van der Waals surface area contributed by atoms with Gasteiger partial charge < -0.3 is 41.4 Å². The fraction of sp³-hybridized carbons (Fsp3) is 0.556. The van der Waals surface area contributed by atoms with Crippen LogP contribution >= 0.6 is 12.4 Å². The van der Waals surface area contributed by atoms with E-state index in [9.17, 15) is 37.4 Å². The van der Waals surface area contributed by atoms with Gasteiger partial charge in [-0.1, -0.05) is 0 Å². The molecule has 4 heterocycles. The molecule has 0 bridgehead atoms. The molecule has 208 valence electrons. The minimum atomic E-state index is -3.71. The largest absolute Gasteiger partial charge is 0.394 e. The number of nitrogens with zero attached hydrogens (tertiary/aromatic N) is 4. The standard InChI is InChI=1S/2C9H11F2N3O4.ClH/c2*10-9(11)6(16)4(3-15)18-7(9)14-2-1-5(12)13-8(14)17;/h2*1-2,4,6-7,15-16H,3H2,(H2,12,13,17);1H/t2*4-,6-,7?;/m11./s1. The minimum absolute atomic E-state index is 0. The van der Waals surface area contributed by atoms with E-state index in [-0.39, 0.29) is 24.0 Å². The summed E-state index contributed by atoms with van der Waals surface area (Å²) in [6.45, 7) is -1.57. The van der Waals surface area contributed by atoms with Gasteiger partial charge >= 0.3 is 23.2 Å². The van der Waals surface area contributed by atoms with Crippen LogP contribution in [0.15, 0.2) is 34.1 Å². The van der Waals surface area contributed by atoms with Crippen molar-refractivity contribution in [3.05, 3.63) is 45.5 Å². The van der Waals surface area contributed by atoms with Crippen molar-refractivity contribution in [3.63, 3.8) is 0 Å². The second-order valence-corrected chi connectivity index (χ2v) is 7.74. The van der Waals surface area contributed by atoms with Crippen LogP contribution in [0.1, 0.15) is 12.5 Å². The summed E-state index contributed by atoms with van der Waals surface area (Å²) >= 11 is 0. The van der Waals surface area contributed by atoms with Gasteiger partial charge in [-0.25, -0.2) is 9.59 Å². The lowest BCUT2D eigenvalue weighted by molar-refractivity contribution is -0.141. The zero-order valence-corrected chi connectivity index (χ0v) is 19.3. The summed E-state index contributed by atoms with van der Waals surface area (Å²) in [6, 6.07) is 2.30. The highest BCUT2D eigenvalue weighted by atomic mass is 35.5. The summed E-state index contributed by atoms with van der Waals surface area (Å²) in [5.74, 6) is -7.65. The van der Waals surface area contributed by atoms with Crippen molar-refractivity contribution < 1.29 is 47.5 Å². The van der Waals surface area contributed by atoms with E-state index in [2.05, 4.69) is 9.97 Å². The van der Waals surface area contributed by atoms with Crippen LogP contribution in [0.2, 0.25) is 0 Å². The Morgan fingerprint density at radius 2 is 1.14 bits per heavy atom. The molecule has 6 atom stereocenters. The Morgan fingerprint density at radius 1 is 0.811 bits per heavy atom. The van der Waals surface area contributed by atoms with Gasteiger partial charge in [-0.3, -0.25) is 9.13 Å². The van der Waals surface area contributed by atoms with Gasteiger partial charge in [0.1, 0.15) is 23.8 Å². The number of aliphatic hydroxyl groups excluding tert-OH is 4. The SMILES string of the molecule is Cl.Nc1ccn(C2O[C@H](CO)[C@@H](O)C2(F)F)c(=O)n1.Nc1ccn(C2O[C@H](CO)[C@@H](O)C2(F)F)c(=O)n1. The summed E-state index contributed by atoms with van der Waals surface area (Å²) < 4.78 is 65.4. The summed E-state index contributed by atoms with van der Waals surface area (Å²) in [5, 5.41) is 36.2. The van der Waals surface area contributed by atoms with E-state index in [0.29, 0.717) is 9.13 Å². The molecule has 0 amide bonds. The van der Waals surface area contributed by atoms with Crippen molar-refractivity contribution in [2.75, 3.05) is 24.7 Å². The number of aromatic nitrogens is 4. The third-order valence-electron chi connectivity index (χ3n) is 5.33. The van der Waals surface area contributed by atoms with E-state index in [1.165, 1.54) is 0 Å². The molecule has 0 aromatic carbocycles. The van der Waals surface area contributed by atoms with Gasteiger partial charge in [-0.05, 0) is 12.1 Å². The Balaban J connectivity index is 0.000000253. The number of ether oxygens (including phenoxy) is 2. The van der Waals surface area contributed by atoms with E-state index in [0.717, 1.165) is 24.5 Å². The van der Waals surface area contributed by atoms with E-state index in [1.54, 1.807) is 0 Å². The van der Waals surface area contributed by atoms with Gasteiger partial charge in [0.05, 0.1) is 13.2 Å². The van der Waals surface area contributed by atoms with Crippen LogP contribution in [-0.4, -0.2) is 89.0 Å². The third kappa shape index (κ3) is 5.69. The first kappa shape index (κ1) is 30.4. The number of hydrogen-bond acceptors (Lipinski definition) is 12. The molecule has 8 N–H and O–H groups in total. The minimum Gasteiger partial charge on any atom is -0.394 e. The van der Waals surface area contributed by atoms with Crippen molar-refractivity contribution in [1.29, 1.82) is 0 Å². The lowest BCUT2D eigenvalue weighted by Gasteiger charge is -2.20. The molecule has 2 aliphatic heterocycles. The summed E-state index contributed by atoms with van der Waals surface area (Å²) in [7, 11) is 0. The number of aliphatic hydroxyl groups is 4. The molecule has 2 fully saturated rings. The number of nitrogens with two attached hydrogens (primary N) is 2. The molecule has 19 heteroatoms. The lowest BCUT2D eigenvalue weighted by atomic mass is 10.1. The predicted octanol–water partition coefficient (Wildman–Crippen LogP) is -2.16. The Kier molecular flexibility index (Phi) is 9.23. The number of anilines is 2. The Bertz CT molecular complexity index is 1110. The third-order valence-corrected chi connectivity index (χ3v) is 5.33. The lowest BCUT2D eigenvalue weighted by Crippen LogP contribution is -2.41. The normalized spacial score (nSPS) is 29.7. The molecular formula is C18H23ClF4N6O8. The molecule has 37 heavy (non-hydrogen) atoms. The summed E-state index contributed by atoms with van der Waals surface area (Å²) in [5.41, 5.74) is 8.42. The first-order valence-corrected chi connectivity index (χ1v) is 10.1. The van der Waals surface area contributed by atoms with Gasteiger partial charge in [0.25, 0.3) is 0 Å². The molecule has 14 nitrogen and oxygen atoms in total. The van der Waals surface area contributed by atoms with Crippen LogP contribution in [0.3, 0.4) is 0 Å². The molecule has 0 aliphatic carbocycles. The van der Waals surface area contributed by atoms with Crippen LogP contribution in [0.25, 0.3) is 0 Å². The number of hydrogen-bond donors (Lipinski definition) is 6. The number of alkyl halides is 4. The van der Waals surface area contributed by atoms with Crippen molar-refractivity contribution in [3.8, 4) is 0 Å². The van der Waals surface area contributed by atoms with Crippen molar-refractivity contribution in [1.82, 2.24) is 19.1 Å². The first-order valence-electron chi connectivity index (χ1n) is 10.1. The van der Waals surface area contributed by atoms with Crippen LogP contribution < -0.4 is 22.8 Å². The van der Waals surface area contributed by atoms with E-state index < -0.39 is 73.3 Å². The van der Waals surface area contributed by atoms with E-state index in [4.69, 9.17) is 31.2 Å². The maximum atomic E-state index is 13.7. The molecule has 2 unspecified atom stereocenters. The average Bonchev–Trinajstić information content (AvgIpc) is 3.17. The van der Waals surface area contributed by atoms with Crippen molar-refractivity contribution in [2.24, 2.45) is 0 Å². The highest BCUT2D eigenvalue weighted by Gasteiger charge is 2.60. The zero-order chi connectivity index (χ0) is 27.0. The predicted molar refractivity (Wildman–Crippen MR) is 117 cm³/mol. The maximum Gasteiger partial charge on any atom is 0.351 e. The van der Waals surface area contributed by atoms with E-state index in [1.807, 2.05) is 0 Å². The molecule has 2 aliphatic rings.